The number of aliphatic carboxylic acids is 1. The van der Waals surface area contributed by atoms with E-state index in [1.807, 2.05) is 0 Å². The molecule has 0 fully saturated rings. The van der Waals surface area contributed by atoms with Gasteiger partial charge in [0.15, 0.2) is 0 Å². The van der Waals surface area contributed by atoms with Crippen LogP contribution in [-0.2, 0) is 9.59 Å². The maximum atomic E-state index is 12.4. The van der Waals surface area contributed by atoms with Gasteiger partial charge in [-0.2, -0.15) is 0 Å². The van der Waals surface area contributed by atoms with Gasteiger partial charge in [0.1, 0.15) is 6.54 Å². The Bertz CT molecular complexity index is 244. The van der Waals surface area contributed by atoms with E-state index >= 15 is 0 Å². The number of nitrogens with zero attached hydrogens (tertiary/aromatic N) is 1. The highest BCUT2D eigenvalue weighted by Gasteiger charge is 2.11. The normalized spacial score (nSPS) is 12.2. The molecule has 0 saturated heterocycles. The summed E-state index contributed by atoms with van der Waals surface area (Å²) < 4.78 is 12.4. The SMILES string of the molecule is CC(F)CCCCCCC(=O)N(C)CC(=O)O. The summed E-state index contributed by atoms with van der Waals surface area (Å²) in [5.74, 6) is -1.15. The Kier molecular flexibility index (Phi) is 8.36. The van der Waals surface area contributed by atoms with Crippen molar-refractivity contribution in [3.63, 3.8) is 0 Å². The van der Waals surface area contributed by atoms with E-state index < -0.39 is 12.1 Å². The molecular weight excluding hydrogens is 225 g/mol. The molecule has 0 bridgehead atoms. The van der Waals surface area contributed by atoms with E-state index in [0.717, 1.165) is 25.7 Å². The van der Waals surface area contributed by atoms with Crippen LogP contribution < -0.4 is 0 Å². The first-order chi connectivity index (χ1) is 7.93. The summed E-state index contributed by atoms with van der Waals surface area (Å²) in [7, 11) is 1.49. The summed E-state index contributed by atoms with van der Waals surface area (Å²) in [6.07, 6.45) is 3.59. The number of amides is 1. The lowest BCUT2D eigenvalue weighted by Crippen LogP contribution is -2.31. The van der Waals surface area contributed by atoms with Crippen molar-refractivity contribution in [2.24, 2.45) is 0 Å². The fraction of sp³-hybridized carbons (Fsp3) is 0.833. The van der Waals surface area contributed by atoms with Gasteiger partial charge in [-0.25, -0.2) is 4.39 Å². The van der Waals surface area contributed by atoms with Crippen molar-refractivity contribution in [3.8, 4) is 0 Å². The van der Waals surface area contributed by atoms with E-state index in [1.54, 1.807) is 6.92 Å². The van der Waals surface area contributed by atoms with E-state index in [0.29, 0.717) is 12.8 Å². The van der Waals surface area contributed by atoms with Crippen molar-refractivity contribution in [2.75, 3.05) is 13.6 Å². The predicted molar refractivity (Wildman–Crippen MR) is 63.5 cm³/mol. The number of carboxylic acid groups (broad SMARTS) is 1. The van der Waals surface area contributed by atoms with Crippen LogP contribution in [0.15, 0.2) is 0 Å². The standard InChI is InChI=1S/C12H22FNO3/c1-10(13)7-5-3-4-6-8-11(15)14(2)9-12(16)17/h10H,3-9H2,1-2H3,(H,16,17). The Morgan fingerprint density at radius 2 is 1.82 bits per heavy atom. The second kappa shape index (κ2) is 8.96. The monoisotopic (exact) mass is 247 g/mol. The lowest BCUT2D eigenvalue weighted by atomic mass is 10.1. The van der Waals surface area contributed by atoms with Crippen LogP contribution >= 0.6 is 0 Å². The van der Waals surface area contributed by atoms with Crippen molar-refractivity contribution < 1.29 is 19.1 Å². The molecule has 0 aromatic carbocycles. The van der Waals surface area contributed by atoms with Crippen molar-refractivity contribution in [2.45, 2.75) is 51.6 Å². The van der Waals surface area contributed by atoms with Gasteiger partial charge >= 0.3 is 5.97 Å². The van der Waals surface area contributed by atoms with Crippen LogP contribution in [0.25, 0.3) is 0 Å². The van der Waals surface area contributed by atoms with Gasteiger partial charge in [0.05, 0.1) is 6.17 Å². The minimum absolute atomic E-state index is 0.147. The molecule has 17 heavy (non-hydrogen) atoms. The fourth-order valence-corrected chi connectivity index (χ4v) is 1.54. The highest BCUT2D eigenvalue weighted by atomic mass is 19.1. The summed E-state index contributed by atoms with van der Waals surface area (Å²) in [6.45, 7) is 1.29. The molecule has 100 valence electrons. The van der Waals surface area contributed by atoms with Crippen LogP contribution in [0.4, 0.5) is 4.39 Å². The third-order valence-electron chi connectivity index (χ3n) is 2.54. The average molecular weight is 247 g/mol. The van der Waals surface area contributed by atoms with Gasteiger partial charge < -0.3 is 10.0 Å². The van der Waals surface area contributed by atoms with Crippen molar-refractivity contribution in [1.29, 1.82) is 0 Å². The zero-order valence-corrected chi connectivity index (χ0v) is 10.6. The van der Waals surface area contributed by atoms with Gasteiger partial charge in [0, 0.05) is 13.5 Å². The highest BCUT2D eigenvalue weighted by Crippen LogP contribution is 2.09. The van der Waals surface area contributed by atoms with E-state index in [1.165, 1.54) is 11.9 Å². The largest absolute Gasteiger partial charge is 0.480 e. The zero-order valence-electron chi connectivity index (χ0n) is 10.6. The summed E-state index contributed by atoms with van der Waals surface area (Å²) in [6, 6.07) is 0. The molecule has 1 unspecified atom stereocenters. The molecule has 0 spiro atoms. The molecule has 0 aromatic heterocycles. The molecule has 0 aliphatic heterocycles. The Morgan fingerprint density at radius 1 is 1.24 bits per heavy atom. The fourth-order valence-electron chi connectivity index (χ4n) is 1.54. The summed E-state index contributed by atoms with van der Waals surface area (Å²) in [5, 5.41) is 8.50. The van der Waals surface area contributed by atoms with Crippen molar-refractivity contribution >= 4 is 11.9 Å². The number of carbonyl (C=O) groups excluding carboxylic acids is 1. The lowest BCUT2D eigenvalue weighted by molar-refractivity contribution is -0.143. The number of halogens is 1. The average Bonchev–Trinajstić information content (AvgIpc) is 2.21. The highest BCUT2D eigenvalue weighted by molar-refractivity contribution is 5.80. The minimum Gasteiger partial charge on any atom is -0.480 e. The smallest absolute Gasteiger partial charge is 0.323 e. The molecule has 0 aromatic rings. The number of carbonyl (C=O) groups is 2. The van der Waals surface area contributed by atoms with E-state index in [2.05, 4.69) is 0 Å². The van der Waals surface area contributed by atoms with Crippen LogP contribution in [-0.4, -0.2) is 41.6 Å². The molecule has 1 N–H and O–H groups in total. The predicted octanol–water partition coefficient (Wildman–Crippen LogP) is 2.23. The summed E-state index contributed by atoms with van der Waals surface area (Å²) in [4.78, 5) is 23.0. The number of rotatable bonds is 9. The number of unbranched alkanes of at least 4 members (excludes halogenated alkanes) is 3. The topological polar surface area (TPSA) is 57.6 Å². The van der Waals surface area contributed by atoms with Crippen LogP contribution in [0.5, 0.6) is 0 Å². The molecule has 0 saturated carbocycles. The van der Waals surface area contributed by atoms with Crippen LogP contribution in [0.2, 0.25) is 0 Å². The van der Waals surface area contributed by atoms with E-state index in [-0.39, 0.29) is 12.5 Å². The molecule has 1 amide bonds. The first-order valence-corrected chi connectivity index (χ1v) is 6.03. The van der Waals surface area contributed by atoms with Crippen LogP contribution in [0, 0.1) is 0 Å². The number of hydrogen-bond acceptors (Lipinski definition) is 2. The number of likely N-dealkylation sites (N-methyl/N-ethyl adjacent to an activating group) is 1. The van der Waals surface area contributed by atoms with Crippen molar-refractivity contribution in [3.05, 3.63) is 0 Å². The molecule has 0 heterocycles. The molecule has 0 rings (SSSR count). The molecular formula is C12H22FNO3. The Hall–Kier alpha value is -1.13. The zero-order chi connectivity index (χ0) is 13.3. The van der Waals surface area contributed by atoms with Gasteiger partial charge in [0.25, 0.3) is 0 Å². The van der Waals surface area contributed by atoms with Crippen LogP contribution in [0.1, 0.15) is 45.4 Å². The second-order valence-corrected chi connectivity index (χ2v) is 4.38. The molecule has 1 atom stereocenters. The quantitative estimate of drug-likeness (QED) is 0.636. The van der Waals surface area contributed by atoms with Gasteiger partial charge in [-0.1, -0.05) is 19.3 Å². The van der Waals surface area contributed by atoms with Gasteiger partial charge in [-0.15, -0.1) is 0 Å². The Labute approximate surface area is 102 Å². The molecule has 0 aliphatic rings. The first kappa shape index (κ1) is 15.9. The molecule has 4 nitrogen and oxygen atoms in total. The second-order valence-electron chi connectivity index (χ2n) is 4.38. The van der Waals surface area contributed by atoms with Gasteiger partial charge in [0.2, 0.25) is 5.91 Å². The third-order valence-corrected chi connectivity index (χ3v) is 2.54. The Morgan fingerprint density at radius 3 is 2.35 bits per heavy atom. The summed E-state index contributed by atoms with van der Waals surface area (Å²) >= 11 is 0. The maximum absolute atomic E-state index is 12.4. The van der Waals surface area contributed by atoms with E-state index in [9.17, 15) is 14.0 Å². The van der Waals surface area contributed by atoms with Gasteiger partial charge in [-0.3, -0.25) is 9.59 Å². The number of alkyl halides is 1. The lowest BCUT2D eigenvalue weighted by Gasteiger charge is -2.14. The first-order valence-electron chi connectivity index (χ1n) is 6.03. The molecule has 5 heteroatoms. The maximum Gasteiger partial charge on any atom is 0.323 e. The number of carboxylic acids is 1. The van der Waals surface area contributed by atoms with Crippen molar-refractivity contribution in [1.82, 2.24) is 4.90 Å². The molecule has 0 aliphatic carbocycles. The molecule has 0 radical (unpaired) electrons. The Balaban J connectivity index is 3.48. The van der Waals surface area contributed by atoms with Crippen LogP contribution in [0.3, 0.4) is 0 Å². The number of hydrogen-bond donors (Lipinski definition) is 1. The van der Waals surface area contributed by atoms with Gasteiger partial charge in [-0.05, 0) is 19.8 Å². The summed E-state index contributed by atoms with van der Waals surface area (Å²) in [5.41, 5.74) is 0. The minimum atomic E-state index is -1.00. The third kappa shape index (κ3) is 9.78. The van der Waals surface area contributed by atoms with E-state index in [4.69, 9.17) is 5.11 Å².